The highest BCUT2D eigenvalue weighted by molar-refractivity contribution is 6.06. The van der Waals surface area contributed by atoms with Crippen LogP contribution in [0.4, 0.5) is 23.0 Å². The molecule has 2 aromatic rings. The van der Waals surface area contributed by atoms with E-state index in [4.69, 9.17) is 15.2 Å². The highest BCUT2D eigenvalue weighted by Gasteiger charge is 2.30. The van der Waals surface area contributed by atoms with E-state index in [1.807, 2.05) is 0 Å². The number of carbonyl (C=O) groups excluding carboxylic acids is 3. The van der Waals surface area contributed by atoms with Crippen LogP contribution in [0.15, 0.2) is 24.3 Å². The van der Waals surface area contributed by atoms with Gasteiger partial charge in [-0.1, -0.05) is 0 Å². The average molecular weight is 469 g/mol. The third-order valence-corrected chi connectivity index (χ3v) is 5.72. The Kier molecular flexibility index (Phi) is 6.82. The minimum atomic E-state index is -0.439. The number of benzene rings is 1. The minimum absolute atomic E-state index is 0.0188. The Balaban J connectivity index is 1.64. The molecule has 2 aliphatic rings. The van der Waals surface area contributed by atoms with Crippen molar-refractivity contribution in [2.75, 3.05) is 56.8 Å². The van der Waals surface area contributed by atoms with Gasteiger partial charge in [0.2, 0.25) is 5.91 Å². The lowest BCUT2D eigenvalue weighted by Crippen LogP contribution is -2.40. The summed E-state index contributed by atoms with van der Waals surface area (Å²) in [6.07, 6.45) is 1.69. The number of aromatic nitrogens is 1. The predicted molar refractivity (Wildman–Crippen MR) is 126 cm³/mol. The molecule has 1 saturated carbocycles. The van der Waals surface area contributed by atoms with E-state index in [0.29, 0.717) is 49.0 Å². The van der Waals surface area contributed by atoms with Crippen LogP contribution in [0, 0.1) is 5.92 Å². The first-order chi connectivity index (χ1) is 16.4. The second kappa shape index (κ2) is 9.96. The molecular weight excluding hydrogens is 440 g/mol. The van der Waals surface area contributed by atoms with E-state index in [0.717, 1.165) is 12.8 Å². The van der Waals surface area contributed by atoms with Gasteiger partial charge in [-0.2, -0.15) is 0 Å². The van der Waals surface area contributed by atoms with E-state index < -0.39 is 5.91 Å². The van der Waals surface area contributed by atoms with Gasteiger partial charge in [-0.25, -0.2) is 4.98 Å². The number of nitrogens with two attached hydrogens (primary N) is 1. The number of pyridine rings is 1. The van der Waals surface area contributed by atoms with Crippen molar-refractivity contribution in [3.05, 3.63) is 35.4 Å². The molecule has 2 fully saturated rings. The highest BCUT2D eigenvalue weighted by Crippen LogP contribution is 2.34. The largest absolute Gasteiger partial charge is 0.495 e. The van der Waals surface area contributed by atoms with Crippen molar-refractivity contribution in [2.45, 2.75) is 12.8 Å². The third kappa shape index (κ3) is 5.04. The van der Waals surface area contributed by atoms with Crippen LogP contribution < -0.4 is 26.4 Å². The zero-order valence-corrected chi connectivity index (χ0v) is 19.1. The van der Waals surface area contributed by atoms with Gasteiger partial charge < -0.3 is 36.1 Å². The smallest absolute Gasteiger partial charge is 0.256 e. The molecule has 1 aromatic carbocycles. The fraction of sp³-hybridized carbons (Fsp3) is 0.391. The quantitative estimate of drug-likeness (QED) is 0.479. The van der Waals surface area contributed by atoms with Crippen LogP contribution >= 0.6 is 0 Å². The van der Waals surface area contributed by atoms with E-state index >= 15 is 0 Å². The maximum Gasteiger partial charge on any atom is 0.256 e. The average Bonchev–Trinajstić information content (AvgIpc) is 3.69. The fourth-order valence-electron chi connectivity index (χ4n) is 3.69. The zero-order chi connectivity index (χ0) is 24.2. The molecular formula is C23H28N6O5. The number of ether oxygens (including phenoxy) is 2. The van der Waals surface area contributed by atoms with E-state index in [1.54, 1.807) is 29.2 Å². The summed E-state index contributed by atoms with van der Waals surface area (Å²) in [5.41, 5.74) is 7.53. The molecule has 1 aliphatic heterocycles. The molecule has 1 aromatic heterocycles. The van der Waals surface area contributed by atoms with Crippen molar-refractivity contribution >= 4 is 40.7 Å². The summed E-state index contributed by atoms with van der Waals surface area (Å²) in [6.45, 7) is 2.08. The SMILES string of the molecule is CNC(=O)c1c(Nc2ccc(C(=O)N3CCOCC3)cc2OC)cc(NC(=O)C2CC2)nc1N. The number of anilines is 4. The molecule has 34 heavy (non-hydrogen) atoms. The molecule has 180 valence electrons. The molecule has 4 rings (SSSR count). The minimum Gasteiger partial charge on any atom is -0.495 e. The second-order valence-corrected chi connectivity index (χ2v) is 8.10. The molecule has 0 bridgehead atoms. The van der Waals surface area contributed by atoms with Crippen LogP contribution in [-0.2, 0) is 9.53 Å². The lowest BCUT2D eigenvalue weighted by molar-refractivity contribution is -0.117. The van der Waals surface area contributed by atoms with Gasteiger partial charge in [0.1, 0.15) is 22.9 Å². The first-order valence-corrected chi connectivity index (χ1v) is 11.1. The molecule has 2 heterocycles. The maximum atomic E-state index is 12.8. The van der Waals surface area contributed by atoms with Gasteiger partial charge in [-0.15, -0.1) is 0 Å². The molecule has 5 N–H and O–H groups in total. The number of nitrogens with one attached hydrogen (secondary N) is 3. The Morgan fingerprint density at radius 2 is 1.88 bits per heavy atom. The first-order valence-electron chi connectivity index (χ1n) is 11.1. The molecule has 11 heteroatoms. The van der Waals surface area contributed by atoms with Crippen molar-refractivity contribution < 1.29 is 23.9 Å². The molecule has 0 unspecified atom stereocenters. The molecule has 11 nitrogen and oxygen atoms in total. The zero-order valence-electron chi connectivity index (χ0n) is 19.1. The van der Waals surface area contributed by atoms with Gasteiger partial charge in [0, 0.05) is 37.7 Å². The summed E-state index contributed by atoms with van der Waals surface area (Å²) < 4.78 is 10.8. The summed E-state index contributed by atoms with van der Waals surface area (Å²) in [5.74, 6) is -0.0936. The highest BCUT2D eigenvalue weighted by atomic mass is 16.5. The fourth-order valence-corrected chi connectivity index (χ4v) is 3.69. The topological polar surface area (TPSA) is 148 Å². The number of nitrogens with zero attached hydrogens (tertiary/aromatic N) is 2. The Labute approximate surface area is 197 Å². The van der Waals surface area contributed by atoms with Crippen LogP contribution in [0.3, 0.4) is 0 Å². The van der Waals surface area contributed by atoms with Crippen LogP contribution in [-0.4, -0.2) is 68.1 Å². The van der Waals surface area contributed by atoms with Gasteiger partial charge in [0.25, 0.3) is 11.8 Å². The van der Waals surface area contributed by atoms with E-state index in [9.17, 15) is 14.4 Å². The second-order valence-electron chi connectivity index (χ2n) is 8.10. The van der Waals surface area contributed by atoms with Crippen molar-refractivity contribution in [3.63, 3.8) is 0 Å². The van der Waals surface area contributed by atoms with Gasteiger partial charge in [-0.3, -0.25) is 14.4 Å². The lowest BCUT2D eigenvalue weighted by atomic mass is 10.1. The Morgan fingerprint density at radius 1 is 1.15 bits per heavy atom. The third-order valence-electron chi connectivity index (χ3n) is 5.72. The summed E-state index contributed by atoms with van der Waals surface area (Å²) in [7, 11) is 2.98. The maximum absolute atomic E-state index is 12.8. The predicted octanol–water partition coefficient (Wildman–Crippen LogP) is 1.60. The molecule has 1 saturated heterocycles. The molecule has 0 spiro atoms. The summed E-state index contributed by atoms with van der Waals surface area (Å²) in [6, 6.07) is 6.56. The number of nitrogen functional groups attached to an aromatic ring is 1. The Hall–Kier alpha value is -3.86. The van der Waals surface area contributed by atoms with Crippen LogP contribution in [0.5, 0.6) is 5.75 Å². The van der Waals surface area contributed by atoms with E-state index in [-0.39, 0.29) is 34.9 Å². The van der Waals surface area contributed by atoms with E-state index in [2.05, 4.69) is 20.9 Å². The molecule has 0 atom stereocenters. The number of methoxy groups -OCH3 is 1. The Bertz CT molecular complexity index is 1110. The standard InChI is InChI=1S/C23H28N6O5/c1-25-22(31)19-16(12-18(27-20(19)24)28-21(30)13-3-4-13)26-15-6-5-14(11-17(15)33-2)23(32)29-7-9-34-10-8-29/h5-6,11-13H,3-4,7-10H2,1-2H3,(H,25,31)(H4,24,26,27,28,30). The van der Waals surface area contributed by atoms with Crippen LogP contribution in [0.25, 0.3) is 0 Å². The molecule has 0 radical (unpaired) electrons. The number of rotatable bonds is 7. The summed E-state index contributed by atoms with van der Waals surface area (Å²) in [5, 5.41) is 8.45. The van der Waals surface area contributed by atoms with Crippen LogP contribution in [0.1, 0.15) is 33.6 Å². The van der Waals surface area contributed by atoms with Gasteiger partial charge >= 0.3 is 0 Å². The van der Waals surface area contributed by atoms with Crippen molar-refractivity contribution in [1.82, 2.24) is 15.2 Å². The number of hydrogen-bond donors (Lipinski definition) is 4. The number of morpholine rings is 1. The van der Waals surface area contributed by atoms with Crippen molar-refractivity contribution in [3.8, 4) is 5.75 Å². The van der Waals surface area contributed by atoms with Crippen LogP contribution in [0.2, 0.25) is 0 Å². The number of hydrogen-bond acceptors (Lipinski definition) is 8. The lowest BCUT2D eigenvalue weighted by Gasteiger charge is -2.27. The van der Waals surface area contributed by atoms with Gasteiger partial charge in [0.15, 0.2) is 0 Å². The Morgan fingerprint density at radius 3 is 2.53 bits per heavy atom. The van der Waals surface area contributed by atoms with Gasteiger partial charge in [0.05, 0.1) is 31.7 Å². The molecule has 1 aliphatic carbocycles. The summed E-state index contributed by atoms with van der Waals surface area (Å²) in [4.78, 5) is 43.5. The summed E-state index contributed by atoms with van der Waals surface area (Å²) >= 11 is 0. The normalized spacial score (nSPS) is 15.4. The van der Waals surface area contributed by atoms with E-state index in [1.165, 1.54) is 14.2 Å². The van der Waals surface area contributed by atoms with Gasteiger partial charge in [-0.05, 0) is 31.0 Å². The number of amides is 3. The monoisotopic (exact) mass is 468 g/mol. The van der Waals surface area contributed by atoms with Crippen molar-refractivity contribution in [1.29, 1.82) is 0 Å². The van der Waals surface area contributed by atoms with Crippen molar-refractivity contribution in [2.24, 2.45) is 5.92 Å². The number of carbonyl (C=O) groups is 3. The first kappa shape index (κ1) is 23.3. The molecule has 3 amide bonds.